The Labute approximate surface area is 386 Å². The van der Waals surface area contributed by atoms with Crippen LogP contribution in [0, 0.1) is 11.8 Å². The van der Waals surface area contributed by atoms with Gasteiger partial charge in [0.05, 0.1) is 38.8 Å². The summed E-state index contributed by atoms with van der Waals surface area (Å²) in [7, 11) is 0. The van der Waals surface area contributed by atoms with E-state index in [9.17, 15) is 39.0 Å². The molecule has 0 bridgehead atoms. The van der Waals surface area contributed by atoms with Crippen molar-refractivity contribution in [2.75, 3.05) is 52.5 Å². The Morgan fingerprint density at radius 3 is 1.41 bits per heavy atom. The number of carboxylic acid groups (broad SMARTS) is 5. The van der Waals surface area contributed by atoms with Gasteiger partial charge >= 0.3 is 83.0 Å². The molecule has 2 atom stereocenters. The minimum Gasteiger partial charge on any atom is -0.550 e. The van der Waals surface area contributed by atoms with Gasteiger partial charge in [0.2, 0.25) is 0 Å². The minimum absolute atomic E-state index is 0. The maximum absolute atomic E-state index is 11.6. The fourth-order valence-electron chi connectivity index (χ4n) is 5.28. The number of phenolic OH excluding ortho intramolecular Hbond substituents is 1. The Kier molecular flexibility index (Phi) is 43.1. The summed E-state index contributed by atoms with van der Waals surface area (Å²) in [6.45, 7) is 2.83. The Balaban J connectivity index is -0.000000399. The van der Waals surface area contributed by atoms with Gasteiger partial charge in [0.25, 0.3) is 0 Å². The van der Waals surface area contributed by atoms with Crippen molar-refractivity contribution in [1.82, 2.24) is 9.80 Å². The molecule has 0 saturated heterocycles. The molecule has 0 heterocycles. The number of carbonyl (C=O) groups excluding carboxylic acids is 3. The van der Waals surface area contributed by atoms with Crippen molar-refractivity contribution in [3.63, 3.8) is 0 Å². The third kappa shape index (κ3) is 39.2. The maximum Gasteiger partial charge on any atom is 1.00 e. The van der Waals surface area contributed by atoms with E-state index in [1.165, 1.54) is 94.9 Å². The molecule has 0 fully saturated rings. The van der Waals surface area contributed by atoms with E-state index in [0.29, 0.717) is 0 Å². The van der Waals surface area contributed by atoms with Crippen molar-refractivity contribution >= 4 is 35.8 Å². The first-order chi connectivity index (χ1) is 26.4. The number of aliphatic carboxylic acids is 4. The second-order valence-corrected chi connectivity index (χ2v) is 13.8. The van der Waals surface area contributed by atoms with Gasteiger partial charge < -0.3 is 55.2 Å². The van der Waals surface area contributed by atoms with Crippen LogP contribution in [0.15, 0.2) is 24.3 Å². The van der Waals surface area contributed by atoms with Gasteiger partial charge in [-0.2, -0.15) is 0 Å². The van der Waals surface area contributed by atoms with Crippen LogP contribution in [-0.2, 0) is 28.7 Å². The van der Waals surface area contributed by atoms with Crippen molar-refractivity contribution < 1.29 is 133 Å². The van der Waals surface area contributed by atoms with E-state index < -0.39 is 81.3 Å². The summed E-state index contributed by atoms with van der Waals surface area (Å²) in [6.07, 6.45) is 15.4. The van der Waals surface area contributed by atoms with Crippen LogP contribution in [0.3, 0.4) is 0 Å². The first-order valence-electron chi connectivity index (χ1n) is 19.2. The number of unbranched alkanes of at least 4 members (excludes halogenated alkanes) is 11. The SMILES string of the molecule is CCCCCCCCCCCCCCC(C(=O)[O-])C(C)C.O=C(O)CN(CCN(CC(=O)O)CC(=O)OCC(O)CO)CC(=O)O.O=C([O-])c1ccc(O)cc1.[Na+].[Na+]. The fraction of sp³-hybridized carbons (Fsp3) is 0.692. The number of hydrogen-bond donors (Lipinski definition) is 6. The molecule has 0 amide bonds. The molecule has 1 aromatic rings. The van der Waals surface area contributed by atoms with E-state index in [2.05, 4.69) is 11.7 Å². The summed E-state index contributed by atoms with van der Waals surface area (Å²) in [6, 6.07) is 5.16. The van der Waals surface area contributed by atoms with Gasteiger partial charge in [-0.15, -0.1) is 0 Å². The summed E-state index contributed by atoms with van der Waals surface area (Å²) in [4.78, 5) is 67.1. The Bertz CT molecular complexity index is 1240. The molecule has 1 aromatic carbocycles. The molecule has 58 heavy (non-hydrogen) atoms. The topological polar surface area (TPSA) is 286 Å². The van der Waals surface area contributed by atoms with E-state index in [1.807, 2.05) is 13.8 Å². The van der Waals surface area contributed by atoms with Gasteiger partial charge in [-0.25, -0.2) is 0 Å². The van der Waals surface area contributed by atoms with Crippen LogP contribution in [0.1, 0.15) is 115 Å². The Hall–Kier alpha value is -2.32. The van der Waals surface area contributed by atoms with Crippen LogP contribution < -0.4 is 69.3 Å². The fourth-order valence-corrected chi connectivity index (χ4v) is 5.28. The number of benzene rings is 1. The Morgan fingerprint density at radius 2 is 1.07 bits per heavy atom. The van der Waals surface area contributed by atoms with Crippen molar-refractivity contribution in [3.8, 4) is 5.75 Å². The summed E-state index contributed by atoms with van der Waals surface area (Å²) < 4.78 is 4.66. The predicted octanol–water partition coefficient (Wildman–Crippen LogP) is -4.40. The van der Waals surface area contributed by atoms with Crippen molar-refractivity contribution in [3.05, 3.63) is 29.8 Å². The van der Waals surface area contributed by atoms with E-state index in [4.69, 9.17) is 30.6 Å². The molecule has 0 aliphatic heterocycles. The van der Waals surface area contributed by atoms with E-state index in [-0.39, 0.29) is 95.4 Å². The number of hydrogen-bond acceptors (Lipinski definition) is 14. The largest absolute Gasteiger partial charge is 1.00 e. The molecule has 17 nitrogen and oxygen atoms in total. The number of esters is 1. The van der Waals surface area contributed by atoms with Crippen LogP contribution in [-0.4, -0.2) is 135 Å². The maximum atomic E-state index is 11.6. The smallest absolute Gasteiger partial charge is 0.550 e. The predicted molar refractivity (Wildman–Crippen MR) is 201 cm³/mol. The average molecular weight is 847 g/mol. The minimum atomic E-state index is -1.25. The number of aromatic hydroxyl groups is 1. The molecule has 0 radical (unpaired) electrons. The zero-order valence-electron chi connectivity index (χ0n) is 35.1. The second-order valence-electron chi connectivity index (χ2n) is 13.8. The number of aliphatic hydroxyl groups excluding tert-OH is 2. The normalized spacial score (nSPS) is 11.4. The van der Waals surface area contributed by atoms with Gasteiger partial charge in [-0.05, 0) is 42.2 Å². The van der Waals surface area contributed by atoms with Crippen LogP contribution in [0.25, 0.3) is 0 Å². The van der Waals surface area contributed by atoms with Crippen LogP contribution in [0.5, 0.6) is 5.75 Å². The molecule has 322 valence electrons. The number of phenols is 1. The first kappa shape index (κ1) is 62.3. The third-order valence-corrected chi connectivity index (χ3v) is 8.39. The summed E-state index contributed by atoms with van der Waals surface area (Å²) in [5.41, 5.74) is 0.0674. The number of rotatable bonds is 30. The van der Waals surface area contributed by atoms with E-state index >= 15 is 0 Å². The zero-order chi connectivity index (χ0) is 42.9. The average Bonchev–Trinajstić information content (AvgIpc) is 3.11. The van der Waals surface area contributed by atoms with Crippen molar-refractivity contribution in [2.45, 2.75) is 110 Å². The quantitative estimate of drug-likeness (QED) is 0.0242. The molecule has 0 spiro atoms. The number of carboxylic acids is 5. The number of aliphatic hydroxyl groups is 2. The molecule has 0 aromatic heterocycles. The van der Waals surface area contributed by atoms with Crippen LogP contribution in [0.2, 0.25) is 0 Å². The number of aromatic carboxylic acids is 1. The molecule has 0 aliphatic rings. The Morgan fingerprint density at radius 1 is 0.672 bits per heavy atom. The molecular weight excluding hydrogens is 782 g/mol. The summed E-state index contributed by atoms with van der Waals surface area (Å²) in [5.74, 6) is -6.70. The molecule has 6 N–H and O–H groups in total. The van der Waals surface area contributed by atoms with Gasteiger partial charge in [0.1, 0.15) is 18.5 Å². The van der Waals surface area contributed by atoms with Crippen molar-refractivity contribution in [1.29, 1.82) is 0 Å². The second kappa shape index (κ2) is 40.1. The standard InChI is InChI=1S/C19H38O2.C13H22N2O10.C7H6O3.2Na/c1-4-5-6-7-8-9-10-11-12-13-14-15-16-18(17(2)3)19(20)21;16-7-9(17)8-25-13(24)6-15(5-12(22)23)2-1-14(3-10(18)19)4-11(20)21;8-6-3-1-5(2-4-6)7(9)10;;/h17-18H,4-16H2,1-3H3,(H,20,21);9,16-17H,1-8H2,(H,18,19)(H,20,21)(H,22,23);1-4,8H,(H,9,10);;/q;;;2*+1/p-2. The molecular formula is C39H64N2Na2O15. The van der Waals surface area contributed by atoms with Gasteiger partial charge in [-0.3, -0.25) is 29.0 Å². The van der Waals surface area contributed by atoms with E-state index in [0.717, 1.165) is 22.6 Å². The van der Waals surface area contributed by atoms with Gasteiger partial charge in [-0.1, -0.05) is 97.8 Å². The molecule has 1 rings (SSSR count). The van der Waals surface area contributed by atoms with Gasteiger partial charge in [0, 0.05) is 25.0 Å². The summed E-state index contributed by atoms with van der Waals surface area (Å²) in [5, 5.41) is 73.8. The van der Waals surface area contributed by atoms with Crippen LogP contribution in [0.4, 0.5) is 0 Å². The molecule has 0 aliphatic carbocycles. The molecule has 2 unspecified atom stereocenters. The summed E-state index contributed by atoms with van der Waals surface area (Å²) >= 11 is 0. The molecule has 0 saturated carbocycles. The number of nitrogens with zero attached hydrogens (tertiary/aromatic N) is 2. The number of ether oxygens (including phenoxy) is 1. The monoisotopic (exact) mass is 846 g/mol. The molecule has 19 heteroatoms. The van der Waals surface area contributed by atoms with Crippen LogP contribution >= 0.6 is 0 Å². The van der Waals surface area contributed by atoms with E-state index in [1.54, 1.807) is 0 Å². The first-order valence-corrected chi connectivity index (χ1v) is 19.2. The van der Waals surface area contributed by atoms with Crippen molar-refractivity contribution in [2.24, 2.45) is 11.8 Å². The number of carbonyl (C=O) groups is 6. The van der Waals surface area contributed by atoms with Gasteiger partial charge in [0.15, 0.2) is 0 Å². The third-order valence-electron chi connectivity index (χ3n) is 8.39. The zero-order valence-corrected chi connectivity index (χ0v) is 39.1.